The van der Waals surface area contributed by atoms with Crippen molar-refractivity contribution >= 4 is 28.9 Å². The first kappa shape index (κ1) is 17.9. The van der Waals surface area contributed by atoms with Crippen molar-refractivity contribution in [2.75, 3.05) is 31.4 Å². The van der Waals surface area contributed by atoms with Gasteiger partial charge in [-0.25, -0.2) is 0 Å². The van der Waals surface area contributed by atoms with Crippen LogP contribution in [0.3, 0.4) is 0 Å². The molecule has 0 saturated heterocycles. The molecule has 2 rings (SSSR count). The van der Waals surface area contributed by atoms with E-state index in [0.29, 0.717) is 23.7 Å². The summed E-state index contributed by atoms with van der Waals surface area (Å²) >= 11 is 6.08. The fraction of sp³-hybridized carbons (Fsp3) is 0.278. The minimum Gasteiger partial charge on any atom is -0.497 e. The number of anilines is 2. The normalized spacial score (nSPS) is 10.2. The molecule has 2 aromatic rings. The Kier molecular flexibility index (Phi) is 6.32. The van der Waals surface area contributed by atoms with Crippen molar-refractivity contribution in [1.29, 1.82) is 0 Å². The van der Waals surface area contributed by atoms with E-state index in [1.54, 1.807) is 44.6 Å². The zero-order valence-electron chi connectivity index (χ0n) is 14.0. The topological polar surface area (TPSA) is 59.6 Å². The quantitative estimate of drug-likeness (QED) is 0.790. The summed E-state index contributed by atoms with van der Waals surface area (Å²) in [6, 6.07) is 10.9. The maximum absolute atomic E-state index is 12.0. The minimum atomic E-state index is -0.0719. The number of carbonyl (C=O) groups excluding carboxylic acids is 1. The molecule has 128 valence electrons. The van der Waals surface area contributed by atoms with Gasteiger partial charge in [-0.1, -0.05) is 11.6 Å². The lowest BCUT2D eigenvalue weighted by atomic mass is 10.2. The van der Waals surface area contributed by atoms with Gasteiger partial charge in [0.15, 0.2) is 0 Å². The van der Waals surface area contributed by atoms with Gasteiger partial charge in [-0.3, -0.25) is 4.79 Å². The number of ether oxygens (including phenoxy) is 2. The number of nitrogens with one attached hydrogen (secondary N) is 2. The zero-order valence-corrected chi connectivity index (χ0v) is 14.7. The molecule has 1 amide bonds. The van der Waals surface area contributed by atoms with E-state index in [2.05, 4.69) is 10.6 Å². The average molecular weight is 349 g/mol. The average Bonchev–Trinajstić information content (AvgIpc) is 2.58. The van der Waals surface area contributed by atoms with E-state index in [1.165, 1.54) is 0 Å². The Morgan fingerprint density at radius 2 is 1.83 bits per heavy atom. The third-order valence-electron chi connectivity index (χ3n) is 3.52. The Morgan fingerprint density at radius 1 is 1.12 bits per heavy atom. The molecule has 0 aliphatic rings. The lowest BCUT2D eigenvalue weighted by Crippen LogP contribution is -2.16. The summed E-state index contributed by atoms with van der Waals surface area (Å²) < 4.78 is 10.4. The van der Waals surface area contributed by atoms with E-state index >= 15 is 0 Å². The third kappa shape index (κ3) is 4.80. The van der Waals surface area contributed by atoms with Gasteiger partial charge in [0.25, 0.3) is 0 Å². The van der Waals surface area contributed by atoms with Crippen molar-refractivity contribution in [3.8, 4) is 11.5 Å². The molecule has 6 heteroatoms. The summed E-state index contributed by atoms with van der Waals surface area (Å²) in [5, 5.41) is 6.69. The van der Waals surface area contributed by atoms with Crippen LogP contribution in [0.1, 0.15) is 12.0 Å². The Labute approximate surface area is 146 Å². The van der Waals surface area contributed by atoms with Gasteiger partial charge < -0.3 is 20.1 Å². The fourth-order valence-corrected chi connectivity index (χ4v) is 2.33. The second-order valence-electron chi connectivity index (χ2n) is 5.26. The molecule has 0 heterocycles. The number of amides is 1. The summed E-state index contributed by atoms with van der Waals surface area (Å²) in [6.07, 6.45) is 0.330. The van der Waals surface area contributed by atoms with Crippen molar-refractivity contribution in [2.45, 2.75) is 13.3 Å². The standard InChI is InChI=1S/C18H21ClN2O3/c1-12-10-16(17(24-3)11-15(12)19)20-9-8-18(22)21-13-4-6-14(23-2)7-5-13/h4-7,10-11,20H,8-9H2,1-3H3,(H,21,22). The second kappa shape index (κ2) is 8.45. The summed E-state index contributed by atoms with van der Waals surface area (Å²) in [6.45, 7) is 2.41. The molecular weight excluding hydrogens is 328 g/mol. The molecule has 0 fully saturated rings. The molecule has 0 saturated carbocycles. The van der Waals surface area contributed by atoms with E-state index in [9.17, 15) is 4.79 Å². The Bertz CT molecular complexity index is 702. The zero-order chi connectivity index (χ0) is 17.5. The first-order valence-electron chi connectivity index (χ1n) is 7.55. The van der Waals surface area contributed by atoms with Crippen molar-refractivity contribution in [3.63, 3.8) is 0 Å². The molecular formula is C18H21ClN2O3. The number of benzene rings is 2. The molecule has 2 aromatic carbocycles. The highest BCUT2D eigenvalue weighted by Crippen LogP contribution is 2.30. The number of aryl methyl sites for hydroxylation is 1. The summed E-state index contributed by atoms with van der Waals surface area (Å²) in [5.74, 6) is 1.33. The van der Waals surface area contributed by atoms with Crippen molar-refractivity contribution in [2.24, 2.45) is 0 Å². The first-order valence-corrected chi connectivity index (χ1v) is 7.93. The van der Waals surface area contributed by atoms with Crippen LogP contribution in [-0.2, 0) is 4.79 Å². The smallest absolute Gasteiger partial charge is 0.226 e. The van der Waals surface area contributed by atoms with Crippen LogP contribution < -0.4 is 20.1 Å². The molecule has 0 unspecified atom stereocenters. The van der Waals surface area contributed by atoms with Gasteiger partial charge in [0.05, 0.1) is 19.9 Å². The molecule has 24 heavy (non-hydrogen) atoms. The van der Waals surface area contributed by atoms with Gasteiger partial charge in [0.2, 0.25) is 5.91 Å². The lowest BCUT2D eigenvalue weighted by molar-refractivity contribution is -0.115. The highest BCUT2D eigenvalue weighted by atomic mass is 35.5. The molecule has 2 N–H and O–H groups in total. The van der Waals surface area contributed by atoms with Crippen LogP contribution in [-0.4, -0.2) is 26.7 Å². The van der Waals surface area contributed by atoms with E-state index < -0.39 is 0 Å². The van der Waals surface area contributed by atoms with Crippen LogP contribution in [0.5, 0.6) is 11.5 Å². The van der Waals surface area contributed by atoms with Gasteiger partial charge >= 0.3 is 0 Å². The van der Waals surface area contributed by atoms with Gasteiger partial charge in [-0.15, -0.1) is 0 Å². The Morgan fingerprint density at radius 3 is 2.46 bits per heavy atom. The second-order valence-corrected chi connectivity index (χ2v) is 5.66. The van der Waals surface area contributed by atoms with Gasteiger partial charge in [0.1, 0.15) is 11.5 Å². The summed E-state index contributed by atoms with van der Waals surface area (Å²) in [7, 11) is 3.19. The van der Waals surface area contributed by atoms with E-state index in [-0.39, 0.29) is 5.91 Å². The largest absolute Gasteiger partial charge is 0.497 e. The molecule has 0 aromatic heterocycles. The third-order valence-corrected chi connectivity index (χ3v) is 3.93. The summed E-state index contributed by atoms with van der Waals surface area (Å²) in [4.78, 5) is 12.0. The highest BCUT2D eigenvalue weighted by molar-refractivity contribution is 6.31. The Hall–Kier alpha value is -2.40. The maximum Gasteiger partial charge on any atom is 0.226 e. The monoisotopic (exact) mass is 348 g/mol. The van der Waals surface area contributed by atoms with E-state index in [1.807, 2.05) is 13.0 Å². The first-order chi connectivity index (χ1) is 11.5. The molecule has 0 aliphatic carbocycles. The van der Waals surface area contributed by atoms with Crippen LogP contribution in [0.15, 0.2) is 36.4 Å². The number of halogens is 1. The number of hydrogen-bond acceptors (Lipinski definition) is 4. The van der Waals surface area contributed by atoms with Crippen LogP contribution in [0.2, 0.25) is 5.02 Å². The predicted molar refractivity (Wildman–Crippen MR) is 97.5 cm³/mol. The SMILES string of the molecule is COc1ccc(NC(=O)CCNc2cc(C)c(Cl)cc2OC)cc1. The predicted octanol–water partition coefficient (Wildman–Crippen LogP) is 4.11. The van der Waals surface area contributed by atoms with Gasteiger partial charge in [0, 0.05) is 29.7 Å². The maximum atomic E-state index is 12.0. The minimum absolute atomic E-state index is 0.0719. The molecule has 0 radical (unpaired) electrons. The number of hydrogen-bond donors (Lipinski definition) is 2. The highest BCUT2D eigenvalue weighted by Gasteiger charge is 2.08. The van der Waals surface area contributed by atoms with Crippen LogP contribution >= 0.6 is 11.6 Å². The molecule has 0 spiro atoms. The number of methoxy groups -OCH3 is 2. The van der Waals surface area contributed by atoms with Gasteiger partial charge in [-0.05, 0) is 42.8 Å². The van der Waals surface area contributed by atoms with E-state index in [4.69, 9.17) is 21.1 Å². The van der Waals surface area contributed by atoms with Crippen molar-refractivity contribution < 1.29 is 14.3 Å². The molecule has 0 atom stereocenters. The number of rotatable bonds is 7. The number of carbonyl (C=O) groups is 1. The Balaban J connectivity index is 1.87. The lowest BCUT2D eigenvalue weighted by Gasteiger charge is -2.13. The fourth-order valence-electron chi connectivity index (χ4n) is 2.18. The van der Waals surface area contributed by atoms with Crippen molar-refractivity contribution in [1.82, 2.24) is 0 Å². The summed E-state index contributed by atoms with van der Waals surface area (Å²) in [5.41, 5.74) is 2.50. The van der Waals surface area contributed by atoms with Crippen LogP contribution in [0.4, 0.5) is 11.4 Å². The molecule has 0 aliphatic heterocycles. The van der Waals surface area contributed by atoms with E-state index in [0.717, 1.165) is 22.7 Å². The van der Waals surface area contributed by atoms with Crippen molar-refractivity contribution in [3.05, 3.63) is 47.0 Å². The van der Waals surface area contributed by atoms with Crippen LogP contribution in [0, 0.1) is 6.92 Å². The van der Waals surface area contributed by atoms with Crippen LogP contribution in [0.25, 0.3) is 0 Å². The van der Waals surface area contributed by atoms with Gasteiger partial charge in [-0.2, -0.15) is 0 Å². The molecule has 0 bridgehead atoms. The molecule has 5 nitrogen and oxygen atoms in total.